The first-order valence-corrected chi connectivity index (χ1v) is 6.37. The van der Waals surface area contributed by atoms with Gasteiger partial charge in [-0.1, -0.05) is 25.1 Å². The average molecular weight is 217 g/mol. The third kappa shape index (κ3) is 2.46. The van der Waals surface area contributed by atoms with Crippen molar-refractivity contribution in [1.29, 1.82) is 0 Å². The lowest BCUT2D eigenvalue weighted by atomic mass is 9.75. The van der Waals surface area contributed by atoms with Gasteiger partial charge in [-0.15, -0.1) is 0 Å². The van der Waals surface area contributed by atoms with Crippen LogP contribution in [0.25, 0.3) is 0 Å². The Hall–Kier alpha value is -0.820. The lowest BCUT2D eigenvalue weighted by Crippen LogP contribution is -2.36. The van der Waals surface area contributed by atoms with Gasteiger partial charge in [0, 0.05) is 0 Å². The fourth-order valence-corrected chi connectivity index (χ4v) is 2.67. The van der Waals surface area contributed by atoms with Crippen molar-refractivity contribution in [2.75, 3.05) is 13.1 Å². The van der Waals surface area contributed by atoms with E-state index in [4.69, 9.17) is 0 Å². The van der Waals surface area contributed by atoms with Gasteiger partial charge in [-0.05, 0) is 68.3 Å². The molecule has 1 aliphatic heterocycles. The van der Waals surface area contributed by atoms with Crippen LogP contribution in [0.2, 0.25) is 0 Å². The van der Waals surface area contributed by atoms with Crippen molar-refractivity contribution in [2.45, 2.75) is 40.0 Å². The maximum absolute atomic E-state index is 3.45. The molecule has 1 heteroatoms. The van der Waals surface area contributed by atoms with E-state index in [1.165, 1.54) is 43.5 Å². The zero-order chi connectivity index (χ0) is 11.6. The second-order valence-electron chi connectivity index (χ2n) is 5.60. The van der Waals surface area contributed by atoms with Crippen LogP contribution in [-0.4, -0.2) is 13.1 Å². The molecule has 0 radical (unpaired) electrons. The molecule has 0 atom stereocenters. The highest BCUT2D eigenvalue weighted by molar-refractivity contribution is 5.33. The molecule has 1 nitrogen and oxygen atoms in total. The second kappa shape index (κ2) is 4.58. The molecule has 0 saturated carbocycles. The molecule has 1 fully saturated rings. The number of hydrogen-bond donors (Lipinski definition) is 1. The van der Waals surface area contributed by atoms with Crippen molar-refractivity contribution < 1.29 is 0 Å². The summed E-state index contributed by atoms with van der Waals surface area (Å²) in [7, 11) is 0. The molecule has 1 N–H and O–H groups in total. The van der Waals surface area contributed by atoms with E-state index in [2.05, 4.69) is 44.3 Å². The van der Waals surface area contributed by atoms with Crippen molar-refractivity contribution in [3.05, 3.63) is 34.9 Å². The summed E-state index contributed by atoms with van der Waals surface area (Å²) < 4.78 is 0. The first-order valence-electron chi connectivity index (χ1n) is 6.37. The highest BCUT2D eigenvalue weighted by atomic mass is 14.9. The molecule has 16 heavy (non-hydrogen) atoms. The van der Waals surface area contributed by atoms with Crippen LogP contribution < -0.4 is 5.32 Å². The van der Waals surface area contributed by atoms with Crippen LogP contribution >= 0.6 is 0 Å². The van der Waals surface area contributed by atoms with E-state index in [0.29, 0.717) is 5.41 Å². The maximum atomic E-state index is 3.45. The van der Waals surface area contributed by atoms with Crippen molar-refractivity contribution >= 4 is 0 Å². The molecule has 1 aromatic rings. The van der Waals surface area contributed by atoms with E-state index in [9.17, 15) is 0 Å². The average Bonchev–Trinajstić information content (AvgIpc) is 2.26. The molecule has 1 aliphatic rings. The van der Waals surface area contributed by atoms with Crippen LogP contribution in [0.5, 0.6) is 0 Å². The number of aryl methyl sites for hydroxylation is 1. The van der Waals surface area contributed by atoms with E-state index in [1.54, 1.807) is 5.56 Å². The molecule has 88 valence electrons. The zero-order valence-electron chi connectivity index (χ0n) is 10.8. The summed E-state index contributed by atoms with van der Waals surface area (Å²) in [5.74, 6) is 0. The molecule has 2 rings (SSSR count). The Morgan fingerprint density at radius 1 is 1.19 bits per heavy atom. The van der Waals surface area contributed by atoms with Crippen molar-refractivity contribution in [2.24, 2.45) is 5.41 Å². The van der Waals surface area contributed by atoms with Gasteiger partial charge in [0.2, 0.25) is 0 Å². The molecule has 0 spiro atoms. The minimum Gasteiger partial charge on any atom is -0.317 e. The molecule has 1 aromatic carbocycles. The lowest BCUT2D eigenvalue weighted by Gasteiger charge is -2.34. The summed E-state index contributed by atoms with van der Waals surface area (Å²) in [6.45, 7) is 9.27. The van der Waals surface area contributed by atoms with Gasteiger partial charge in [0.1, 0.15) is 0 Å². The standard InChI is InChI=1S/C15H23N/c1-12-5-4-6-14(13(12)2)11-15(3)7-9-16-10-8-15/h4-6,16H,7-11H2,1-3H3. The summed E-state index contributed by atoms with van der Waals surface area (Å²) in [6.07, 6.45) is 3.85. The topological polar surface area (TPSA) is 12.0 Å². The van der Waals surface area contributed by atoms with Crippen LogP contribution in [0.15, 0.2) is 18.2 Å². The van der Waals surface area contributed by atoms with Gasteiger partial charge in [0.05, 0.1) is 0 Å². The number of benzene rings is 1. The van der Waals surface area contributed by atoms with Crippen molar-refractivity contribution in [1.82, 2.24) is 5.32 Å². The quantitative estimate of drug-likeness (QED) is 0.802. The summed E-state index contributed by atoms with van der Waals surface area (Å²) in [5, 5.41) is 3.45. The van der Waals surface area contributed by atoms with E-state index < -0.39 is 0 Å². The molecule has 0 aromatic heterocycles. The molecular formula is C15H23N. The summed E-state index contributed by atoms with van der Waals surface area (Å²) >= 11 is 0. The van der Waals surface area contributed by atoms with Gasteiger partial charge in [-0.25, -0.2) is 0 Å². The van der Waals surface area contributed by atoms with Crippen LogP contribution in [0.1, 0.15) is 36.5 Å². The second-order valence-corrected chi connectivity index (χ2v) is 5.60. The lowest BCUT2D eigenvalue weighted by molar-refractivity contribution is 0.228. The summed E-state index contributed by atoms with van der Waals surface area (Å²) in [5.41, 5.74) is 4.96. The first-order chi connectivity index (χ1) is 7.61. The Kier molecular flexibility index (Phi) is 3.34. The van der Waals surface area contributed by atoms with E-state index >= 15 is 0 Å². The molecule has 0 bridgehead atoms. The first kappa shape index (κ1) is 11.7. The largest absolute Gasteiger partial charge is 0.317 e. The SMILES string of the molecule is Cc1cccc(CC2(C)CCNCC2)c1C. The Balaban J connectivity index is 2.16. The fourth-order valence-electron chi connectivity index (χ4n) is 2.67. The third-order valence-corrected chi connectivity index (χ3v) is 4.14. The van der Waals surface area contributed by atoms with E-state index in [1.807, 2.05) is 0 Å². The minimum atomic E-state index is 0.504. The van der Waals surface area contributed by atoms with Gasteiger partial charge in [-0.3, -0.25) is 0 Å². The summed E-state index contributed by atoms with van der Waals surface area (Å²) in [6, 6.07) is 6.71. The predicted octanol–water partition coefficient (Wildman–Crippen LogP) is 3.24. The number of piperidine rings is 1. The minimum absolute atomic E-state index is 0.504. The number of hydrogen-bond acceptors (Lipinski definition) is 1. The van der Waals surface area contributed by atoms with E-state index in [-0.39, 0.29) is 0 Å². The molecular weight excluding hydrogens is 194 g/mol. The Morgan fingerprint density at radius 3 is 2.56 bits per heavy atom. The predicted molar refractivity (Wildman–Crippen MR) is 69.8 cm³/mol. The number of rotatable bonds is 2. The third-order valence-electron chi connectivity index (χ3n) is 4.14. The van der Waals surface area contributed by atoms with Crippen LogP contribution in [0.4, 0.5) is 0 Å². The van der Waals surface area contributed by atoms with Crippen LogP contribution in [-0.2, 0) is 6.42 Å². The number of nitrogens with one attached hydrogen (secondary N) is 1. The highest BCUT2D eigenvalue weighted by Gasteiger charge is 2.27. The smallest absolute Gasteiger partial charge is 0.00436 e. The highest BCUT2D eigenvalue weighted by Crippen LogP contribution is 2.33. The van der Waals surface area contributed by atoms with E-state index in [0.717, 1.165) is 0 Å². The van der Waals surface area contributed by atoms with Crippen LogP contribution in [0.3, 0.4) is 0 Å². The zero-order valence-corrected chi connectivity index (χ0v) is 10.8. The normalized spacial score (nSPS) is 19.7. The maximum Gasteiger partial charge on any atom is -0.00436 e. The monoisotopic (exact) mass is 217 g/mol. The fraction of sp³-hybridized carbons (Fsp3) is 0.600. The Bertz CT molecular complexity index is 362. The molecule has 0 aliphatic carbocycles. The Morgan fingerprint density at radius 2 is 1.88 bits per heavy atom. The van der Waals surface area contributed by atoms with Gasteiger partial charge in [0.15, 0.2) is 0 Å². The van der Waals surface area contributed by atoms with Gasteiger partial charge < -0.3 is 5.32 Å². The van der Waals surface area contributed by atoms with Crippen molar-refractivity contribution in [3.63, 3.8) is 0 Å². The molecule has 1 heterocycles. The van der Waals surface area contributed by atoms with Crippen LogP contribution in [0, 0.1) is 19.3 Å². The van der Waals surface area contributed by atoms with Gasteiger partial charge in [-0.2, -0.15) is 0 Å². The van der Waals surface area contributed by atoms with Gasteiger partial charge >= 0.3 is 0 Å². The molecule has 0 unspecified atom stereocenters. The van der Waals surface area contributed by atoms with Gasteiger partial charge in [0.25, 0.3) is 0 Å². The summed E-state index contributed by atoms with van der Waals surface area (Å²) in [4.78, 5) is 0. The van der Waals surface area contributed by atoms with Crippen molar-refractivity contribution in [3.8, 4) is 0 Å². The Labute approximate surface area is 99.3 Å². The molecule has 1 saturated heterocycles. The molecule has 0 amide bonds.